The molecular weight excluding hydrogens is 1220 g/mol. The Balaban J connectivity index is 0.000000477. The number of primary amides is 1. The molecule has 6 aromatic rings. The maximum absolute atomic E-state index is 11.9. The van der Waals surface area contributed by atoms with E-state index >= 15 is 0 Å². The number of rotatable bonds is 16. The van der Waals surface area contributed by atoms with Gasteiger partial charge in [-0.2, -0.15) is 15.8 Å². The smallest absolute Gasteiger partial charge is 0.330 e. The molecule has 0 saturated carbocycles. The van der Waals surface area contributed by atoms with Gasteiger partial charge in [-0.25, -0.2) is 26.8 Å². The monoisotopic (exact) mass is 1280 g/mol. The number of nitrogens with two attached hydrogens (primary N) is 2. The summed E-state index contributed by atoms with van der Waals surface area (Å²) < 4.78 is 52.5. The quantitative estimate of drug-likeness (QED) is 0.0517. The third kappa shape index (κ3) is 29.7. The lowest BCUT2D eigenvalue weighted by Crippen LogP contribution is -2.27. The van der Waals surface area contributed by atoms with Crippen LogP contribution in [0.4, 0.5) is 5.69 Å². The third-order valence-corrected chi connectivity index (χ3v) is 15.9. The molecule has 0 spiro atoms. The molecule has 1 atom stereocenters. The Bertz CT molecular complexity index is 3060. The van der Waals surface area contributed by atoms with E-state index in [2.05, 4.69) is 94.7 Å². The molecule has 4 N–H and O–H groups in total. The number of amides is 1. The van der Waals surface area contributed by atoms with E-state index in [1.54, 1.807) is 107 Å². The Morgan fingerprint density at radius 2 is 1.00 bits per heavy atom. The summed E-state index contributed by atoms with van der Waals surface area (Å²) in [7, 11) is -6.40. The molecule has 6 aromatic heterocycles. The number of esters is 1. The van der Waals surface area contributed by atoms with Gasteiger partial charge >= 0.3 is 5.97 Å². The Kier molecular flexibility index (Phi) is 33.9. The fourth-order valence-corrected chi connectivity index (χ4v) is 9.24. The van der Waals surface area contributed by atoms with Crippen LogP contribution in [0.3, 0.4) is 0 Å². The number of nitrogens with zero attached hydrogens (tertiary/aromatic N) is 9. The largest absolute Gasteiger partial charge is 0.459 e. The SMILES string of the molecule is CCS(=O)(=O)c1ccc(CC#N)nc1.CCS(=O)(=O)c1ccc(CC(N)=O)nc1.CCSc1ccc(Br)nc1.CCSc1ccc(C(C#N)C(=O)OC(C)(C)C)nc1.CCSc1ccc(CC#N)nc1.Nc1ccc(Br)nc1. The summed E-state index contributed by atoms with van der Waals surface area (Å²) in [4.78, 5) is 50.3. The van der Waals surface area contributed by atoms with Gasteiger partial charge < -0.3 is 16.2 Å². The van der Waals surface area contributed by atoms with Crippen molar-refractivity contribution in [1.29, 1.82) is 15.8 Å². The Morgan fingerprint density at radius 1 is 0.590 bits per heavy atom. The minimum absolute atomic E-state index is 0.0203. The Labute approximate surface area is 488 Å². The zero-order valence-electron chi connectivity index (χ0n) is 44.5. The standard InChI is InChI=1S/C14H18N2O2S.C9H12N2O3S.C9H10N2O2S.C9H10N2S.C7H8BrNS.C5H5BrN2/c1-5-19-10-6-7-12(16-9-10)11(8-15)13(17)18-14(2,3)4;1-2-15(13,14)8-4-3-7(11-6-8)5-9(10)12;1-2-14(12,13)9-4-3-8(5-6-10)11-7-9;1-2-12-9-4-3-8(5-6-10)11-7-9;1-2-10-6-3-4-7(8)9-5-6;6-5-2-1-4(7)3-8-5/h6-7,9,11H,5H2,1-4H3;3-4,6H,2,5H2,1H3,(H2,10,12);3-4,7H,2,5H2,1H3;3-4,7H,2,5H2,1H3;3-5H,2H2,1H3;1-3H,7H2. The molecule has 0 radical (unpaired) electrons. The molecule has 6 heterocycles. The average molecular weight is 1290 g/mol. The molecule has 18 nitrogen and oxygen atoms in total. The van der Waals surface area contributed by atoms with Crippen molar-refractivity contribution >= 4 is 104 Å². The fraction of sp³-hybridized carbons (Fsp3) is 0.340. The lowest BCUT2D eigenvalue weighted by molar-refractivity contribution is -0.155. The number of thioether (sulfide) groups is 3. The Hall–Kier alpha value is -5.98. The van der Waals surface area contributed by atoms with E-state index in [1.165, 1.54) is 40.4 Å². The molecule has 78 heavy (non-hydrogen) atoms. The van der Waals surface area contributed by atoms with Gasteiger partial charge in [0.2, 0.25) is 5.91 Å². The van der Waals surface area contributed by atoms with Crippen molar-refractivity contribution < 1.29 is 31.2 Å². The van der Waals surface area contributed by atoms with E-state index in [1.807, 2.05) is 48.8 Å². The zero-order chi connectivity index (χ0) is 58.7. The van der Waals surface area contributed by atoms with Gasteiger partial charge in [0.25, 0.3) is 0 Å². The number of nitrogen functional groups attached to an aromatic ring is 1. The van der Waals surface area contributed by atoms with Gasteiger partial charge in [-0.05, 0) is 143 Å². The van der Waals surface area contributed by atoms with Crippen molar-refractivity contribution in [2.45, 2.75) is 111 Å². The summed E-state index contributed by atoms with van der Waals surface area (Å²) in [6.07, 6.45) is 10.1. The van der Waals surface area contributed by atoms with Crippen LogP contribution >= 0.6 is 67.1 Å². The van der Waals surface area contributed by atoms with E-state index in [0.717, 1.165) is 37.1 Å². The first-order chi connectivity index (χ1) is 36.9. The number of carbonyl (C=O) groups is 2. The number of hydrogen-bond donors (Lipinski definition) is 2. The number of carbonyl (C=O) groups excluding carboxylic acids is 2. The molecule has 0 aromatic carbocycles. The molecule has 0 saturated heterocycles. The number of anilines is 1. The first-order valence-corrected chi connectivity index (χ1v) is 31.5. The van der Waals surface area contributed by atoms with Gasteiger partial charge in [-0.3, -0.25) is 29.5 Å². The molecule has 0 bridgehead atoms. The fourth-order valence-electron chi connectivity index (χ4n) is 5.26. The van der Waals surface area contributed by atoms with Crippen molar-refractivity contribution in [1.82, 2.24) is 29.9 Å². The topological polar surface area (TPSA) is 312 Å². The Morgan fingerprint density at radius 3 is 1.31 bits per heavy atom. The molecular formula is C53H63Br2N11O7S5. The van der Waals surface area contributed by atoms with Crippen molar-refractivity contribution in [2.75, 3.05) is 34.5 Å². The number of pyridine rings is 6. The molecule has 1 unspecified atom stereocenters. The summed E-state index contributed by atoms with van der Waals surface area (Å²) in [5.74, 6) is 1.18. The summed E-state index contributed by atoms with van der Waals surface area (Å²) >= 11 is 11.7. The van der Waals surface area contributed by atoms with Crippen LogP contribution in [0.2, 0.25) is 0 Å². The summed E-state index contributed by atoms with van der Waals surface area (Å²) in [5, 5.41) is 25.9. The first-order valence-electron chi connectivity index (χ1n) is 23.7. The van der Waals surface area contributed by atoms with Gasteiger partial charge in [0.1, 0.15) is 14.8 Å². The second-order valence-corrected chi connectivity index (χ2v) is 26.3. The second kappa shape index (κ2) is 37.8. The van der Waals surface area contributed by atoms with Crippen LogP contribution in [0, 0.1) is 34.0 Å². The van der Waals surface area contributed by atoms with Crippen LogP contribution in [0.1, 0.15) is 84.1 Å². The number of ether oxygens (including phenoxy) is 1. The summed E-state index contributed by atoms with van der Waals surface area (Å²) in [5.41, 5.74) is 12.7. The molecule has 0 aliphatic rings. The van der Waals surface area contributed by atoms with Gasteiger partial charge in [-0.15, -0.1) is 35.3 Å². The number of hydrogen-bond acceptors (Lipinski definition) is 20. The highest BCUT2D eigenvalue weighted by molar-refractivity contribution is 9.10. The number of aromatic nitrogens is 6. The van der Waals surface area contributed by atoms with Gasteiger partial charge in [-0.1, -0.05) is 34.6 Å². The van der Waals surface area contributed by atoms with Crippen molar-refractivity contribution in [2.24, 2.45) is 5.73 Å². The first kappa shape index (κ1) is 70.0. The molecule has 1 amide bonds. The van der Waals surface area contributed by atoms with Gasteiger partial charge in [0, 0.05) is 51.4 Å². The van der Waals surface area contributed by atoms with Crippen LogP contribution < -0.4 is 11.5 Å². The van der Waals surface area contributed by atoms with Gasteiger partial charge in [0.15, 0.2) is 25.6 Å². The molecule has 25 heteroatoms. The van der Waals surface area contributed by atoms with Crippen molar-refractivity contribution in [3.05, 3.63) is 142 Å². The minimum atomic E-state index is -3.22. The predicted molar refractivity (Wildman–Crippen MR) is 316 cm³/mol. The molecule has 0 aliphatic carbocycles. The van der Waals surface area contributed by atoms with Crippen molar-refractivity contribution in [3.8, 4) is 18.2 Å². The highest BCUT2D eigenvalue weighted by Crippen LogP contribution is 2.23. The lowest BCUT2D eigenvalue weighted by atomic mass is 10.1. The molecule has 0 fully saturated rings. The highest BCUT2D eigenvalue weighted by atomic mass is 79.9. The average Bonchev–Trinajstić information content (AvgIpc) is 3.40. The van der Waals surface area contributed by atoms with Crippen LogP contribution in [-0.2, 0) is 53.3 Å². The normalized spacial score (nSPS) is 10.8. The summed E-state index contributed by atoms with van der Waals surface area (Å²) in [6.45, 7) is 14.7. The van der Waals surface area contributed by atoms with Crippen LogP contribution in [0.5, 0.6) is 0 Å². The second-order valence-electron chi connectivity index (χ2n) is 16.1. The minimum Gasteiger partial charge on any atom is -0.459 e. The molecule has 6 rings (SSSR count). The van der Waals surface area contributed by atoms with E-state index in [-0.39, 0.29) is 34.1 Å². The van der Waals surface area contributed by atoms with Crippen LogP contribution in [-0.4, -0.2) is 93.0 Å². The number of halogens is 2. The van der Waals surface area contributed by atoms with Gasteiger partial charge in [0.05, 0.1) is 87.7 Å². The van der Waals surface area contributed by atoms with E-state index in [4.69, 9.17) is 32.0 Å². The maximum atomic E-state index is 11.9. The maximum Gasteiger partial charge on any atom is 0.330 e. The van der Waals surface area contributed by atoms with E-state index in [0.29, 0.717) is 29.2 Å². The zero-order valence-corrected chi connectivity index (χ0v) is 51.7. The predicted octanol–water partition coefficient (Wildman–Crippen LogP) is 10.6. The van der Waals surface area contributed by atoms with Crippen LogP contribution in [0.15, 0.2) is 144 Å². The molecule has 0 aliphatic heterocycles. The highest BCUT2D eigenvalue weighted by Gasteiger charge is 2.27. The lowest BCUT2D eigenvalue weighted by Gasteiger charge is -2.21. The number of sulfone groups is 2. The third-order valence-electron chi connectivity index (χ3n) is 8.96. The summed E-state index contributed by atoms with van der Waals surface area (Å²) in [6, 6.07) is 27.0. The van der Waals surface area contributed by atoms with Crippen molar-refractivity contribution in [3.63, 3.8) is 0 Å². The number of nitriles is 3. The van der Waals surface area contributed by atoms with Crippen LogP contribution in [0.25, 0.3) is 0 Å². The molecule has 416 valence electrons. The van der Waals surface area contributed by atoms with E-state index in [9.17, 15) is 26.4 Å². The van der Waals surface area contributed by atoms with E-state index < -0.39 is 43.1 Å².